The molecule has 8 nitrogen and oxygen atoms in total. The highest BCUT2D eigenvalue weighted by Crippen LogP contribution is 2.40. The second-order valence-corrected chi connectivity index (χ2v) is 12.8. The van der Waals surface area contributed by atoms with Gasteiger partial charge in [0.2, 0.25) is 10.0 Å². The molecule has 1 fully saturated rings. The van der Waals surface area contributed by atoms with Crippen molar-refractivity contribution in [3.63, 3.8) is 0 Å². The number of aryl methyl sites for hydroxylation is 3. The molecule has 5 rings (SSSR count). The molecule has 2 aliphatic carbocycles. The van der Waals surface area contributed by atoms with Gasteiger partial charge in [-0.2, -0.15) is 5.10 Å². The lowest BCUT2D eigenvalue weighted by Gasteiger charge is -2.36. The zero-order valence-corrected chi connectivity index (χ0v) is 22.9. The number of nitrogens with zero attached hydrogens (tertiary/aromatic N) is 2. The summed E-state index contributed by atoms with van der Waals surface area (Å²) in [5, 5.41) is 6.94. The second kappa shape index (κ2) is 10.5. The van der Waals surface area contributed by atoms with Crippen LogP contribution in [0.1, 0.15) is 81.0 Å². The normalized spacial score (nSPS) is 21.9. The fraction of sp³-hybridized carbons (Fsp3) is 0.483. The Morgan fingerprint density at radius 1 is 1.21 bits per heavy atom. The van der Waals surface area contributed by atoms with Crippen molar-refractivity contribution in [2.75, 3.05) is 0 Å². The zero-order chi connectivity index (χ0) is 26.9. The second-order valence-electron chi connectivity index (χ2n) is 10.8. The summed E-state index contributed by atoms with van der Waals surface area (Å²) in [5.41, 5.74) is 3.78. The number of benzene rings is 1. The molecule has 0 saturated heterocycles. The van der Waals surface area contributed by atoms with E-state index in [1.54, 1.807) is 6.20 Å². The van der Waals surface area contributed by atoms with Crippen molar-refractivity contribution < 1.29 is 18.0 Å². The van der Waals surface area contributed by atoms with Gasteiger partial charge in [0.05, 0.1) is 17.0 Å². The lowest BCUT2D eigenvalue weighted by atomic mass is 9.78. The van der Waals surface area contributed by atoms with Crippen LogP contribution in [0, 0.1) is 0 Å². The summed E-state index contributed by atoms with van der Waals surface area (Å²) in [6, 6.07) is 6.12. The minimum absolute atomic E-state index is 0.125. The highest BCUT2D eigenvalue weighted by Gasteiger charge is 2.43. The summed E-state index contributed by atoms with van der Waals surface area (Å²) in [5.74, 6) is -1.43. The Labute approximate surface area is 224 Å². The first kappa shape index (κ1) is 26.4. The molecule has 1 aromatic heterocycles. The number of nitrogens with one attached hydrogen (secondary N) is 2. The van der Waals surface area contributed by atoms with Crippen molar-refractivity contribution in [3.8, 4) is 0 Å². The SMILES string of the molecule is CC/C=C/CCn1cc([C@]2(C)CC(c3ccc4c(c3)CCCC4)=C(C(=O)NS(=O)(=O)C3CC3)C(=O)N2)cn1. The molecule has 9 heteroatoms. The van der Waals surface area contributed by atoms with Gasteiger partial charge in [0.25, 0.3) is 11.8 Å². The number of amides is 2. The molecule has 0 unspecified atom stereocenters. The average molecular weight is 537 g/mol. The fourth-order valence-corrected chi connectivity index (χ4v) is 6.71. The summed E-state index contributed by atoms with van der Waals surface area (Å²) in [6.45, 7) is 4.75. The van der Waals surface area contributed by atoms with Gasteiger partial charge in [-0.3, -0.25) is 14.3 Å². The van der Waals surface area contributed by atoms with E-state index in [0.717, 1.165) is 56.2 Å². The van der Waals surface area contributed by atoms with Gasteiger partial charge in [-0.15, -0.1) is 0 Å². The average Bonchev–Trinajstić information content (AvgIpc) is 3.64. The third-order valence-electron chi connectivity index (χ3n) is 7.77. The van der Waals surface area contributed by atoms with E-state index in [1.807, 2.05) is 23.9 Å². The largest absolute Gasteiger partial charge is 0.342 e. The smallest absolute Gasteiger partial charge is 0.270 e. The Morgan fingerprint density at radius 2 is 1.97 bits per heavy atom. The van der Waals surface area contributed by atoms with E-state index in [2.05, 4.69) is 46.3 Å². The van der Waals surface area contributed by atoms with Gasteiger partial charge in [-0.1, -0.05) is 37.3 Å². The van der Waals surface area contributed by atoms with E-state index in [0.29, 0.717) is 24.8 Å². The molecule has 1 aromatic carbocycles. The van der Waals surface area contributed by atoms with E-state index in [9.17, 15) is 18.0 Å². The molecule has 2 amide bonds. The molecule has 38 heavy (non-hydrogen) atoms. The van der Waals surface area contributed by atoms with Crippen molar-refractivity contribution in [1.82, 2.24) is 19.8 Å². The van der Waals surface area contributed by atoms with Crippen molar-refractivity contribution in [2.45, 2.75) is 89.0 Å². The molecular weight excluding hydrogens is 500 g/mol. The zero-order valence-electron chi connectivity index (χ0n) is 22.1. The summed E-state index contributed by atoms with van der Waals surface area (Å²) < 4.78 is 29.2. The van der Waals surface area contributed by atoms with Gasteiger partial charge in [-0.05, 0) is 80.6 Å². The first-order valence-corrected chi connectivity index (χ1v) is 15.2. The van der Waals surface area contributed by atoms with Crippen LogP contribution in [0.4, 0.5) is 0 Å². The van der Waals surface area contributed by atoms with Gasteiger partial charge in [0.15, 0.2) is 0 Å². The van der Waals surface area contributed by atoms with Gasteiger partial charge in [0.1, 0.15) is 5.57 Å². The monoisotopic (exact) mass is 536 g/mol. The standard InChI is InChI=1S/C29H36N4O4S/c1-3-4-5-8-15-33-19-23(18-30-33)29(2)17-25(22-12-11-20-9-6-7-10-21(20)16-22)26(27(34)31-29)28(35)32-38(36,37)24-13-14-24/h4-5,11-12,16,18-19,24H,3,6-10,13-15,17H2,1-2H3,(H,31,34)(H,32,35)/b5-4+/t29-/m0/s1. The summed E-state index contributed by atoms with van der Waals surface area (Å²) in [6.07, 6.45) is 15.4. The van der Waals surface area contributed by atoms with Crippen molar-refractivity contribution in [3.05, 3.63) is 70.6 Å². The van der Waals surface area contributed by atoms with E-state index >= 15 is 0 Å². The van der Waals surface area contributed by atoms with Crippen LogP contribution in [0.2, 0.25) is 0 Å². The number of carbonyl (C=O) groups is 2. The predicted octanol–water partition coefficient (Wildman–Crippen LogP) is 3.92. The van der Waals surface area contributed by atoms with Crippen LogP contribution in [0.25, 0.3) is 5.57 Å². The van der Waals surface area contributed by atoms with Gasteiger partial charge in [-0.25, -0.2) is 13.1 Å². The van der Waals surface area contributed by atoms with Crippen molar-refractivity contribution >= 4 is 27.4 Å². The highest BCUT2D eigenvalue weighted by atomic mass is 32.2. The molecule has 0 bridgehead atoms. The van der Waals surface area contributed by atoms with E-state index in [1.165, 1.54) is 11.1 Å². The molecule has 2 aromatic rings. The minimum Gasteiger partial charge on any atom is -0.342 e. The van der Waals surface area contributed by atoms with Crippen LogP contribution < -0.4 is 10.0 Å². The number of carbonyl (C=O) groups excluding carboxylic acids is 2. The number of hydrogen-bond donors (Lipinski definition) is 2. The maximum absolute atomic E-state index is 13.6. The van der Waals surface area contributed by atoms with Gasteiger partial charge in [0, 0.05) is 24.7 Å². The number of hydrogen-bond acceptors (Lipinski definition) is 5. The van der Waals surface area contributed by atoms with Gasteiger partial charge >= 0.3 is 0 Å². The van der Waals surface area contributed by atoms with Crippen LogP contribution >= 0.6 is 0 Å². The summed E-state index contributed by atoms with van der Waals surface area (Å²) in [7, 11) is -3.80. The number of rotatable bonds is 9. The number of allylic oxidation sites excluding steroid dienone is 2. The van der Waals surface area contributed by atoms with Crippen LogP contribution in [-0.2, 0) is 44.5 Å². The molecule has 0 radical (unpaired) electrons. The lowest BCUT2D eigenvalue weighted by Crippen LogP contribution is -2.50. The molecule has 2 N–H and O–H groups in total. The first-order valence-electron chi connectivity index (χ1n) is 13.6. The maximum atomic E-state index is 13.6. The van der Waals surface area contributed by atoms with Gasteiger partial charge < -0.3 is 5.32 Å². The number of aromatic nitrogens is 2. The Kier molecular flexibility index (Phi) is 7.31. The fourth-order valence-electron chi connectivity index (χ4n) is 5.42. The van der Waals surface area contributed by atoms with E-state index in [-0.39, 0.29) is 5.57 Å². The maximum Gasteiger partial charge on any atom is 0.270 e. The predicted molar refractivity (Wildman–Crippen MR) is 146 cm³/mol. The Bertz CT molecular complexity index is 1420. The number of sulfonamides is 1. The first-order chi connectivity index (χ1) is 18.2. The molecule has 0 spiro atoms. The minimum atomic E-state index is -3.80. The molecular formula is C29H36N4O4S. The highest BCUT2D eigenvalue weighted by molar-refractivity contribution is 7.91. The molecule has 1 saturated carbocycles. The van der Waals surface area contributed by atoms with Crippen LogP contribution in [0.3, 0.4) is 0 Å². The van der Waals surface area contributed by atoms with Crippen LogP contribution in [0.15, 0.2) is 48.3 Å². The summed E-state index contributed by atoms with van der Waals surface area (Å²) >= 11 is 0. The molecule has 1 atom stereocenters. The topological polar surface area (TPSA) is 110 Å². The molecule has 2 heterocycles. The Morgan fingerprint density at radius 3 is 2.71 bits per heavy atom. The Balaban J connectivity index is 1.51. The molecule has 1 aliphatic heterocycles. The van der Waals surface area contributed by atoms with Crippen molar-refractivity contribution in [1.29, 1.82) is 0 Å². The quantitative estimate of drug-likeness (QED) is 0.373. The van der Waals surface area contributed by atoms with Crippen LogP contribution in [-0.4, -0.2) is 35.3 Å². The third-order valence-corrected chi connectivity index (χ3v) is 9.59. The third kappa shape index (κ3) is 5.48. The van der Waals surface area contributed by atoms with E-state index < -0.39 is 32.6 Å². The van der Waals surface area contributed by atoms with Crippen LogP contribution in [0.5, 0.6) is 0 Å². The Hall–Kier alpha value is -3.20. The molecule has 3 aliphatic rings. The number of fused-ring (bicyclic) bond motifs is 1. The summed E-state index contributed by atoms with van der Waals surface area (Å²) in [4.78, 5) is 26.9. The lowest BCUT2D eigenvalue weighted by molar-refractivity contribution is -0.124. The van der Waals surface area contributed by atoms with E-state index in [4.69, 9.17) is 0 Å². The molecule has 202 valence electrons. The van der Waals surface area contributed by atoms with Crippen molar-refractivity contribution in [2.24, 2.45) is 0 Å².